The second kappa shape index (κ2) is 20.5. The molecule has 0 aliphatic rings. The number of rotatable bonds is 16. The Kier molecular flexibility index (Phi) is 14.4. The van der Waals surface area contributed by atoms with Gasteiger partial charge in [0.2, 0.25) is 35.7 Å². The van der Waals surface area contributed by atoms with Crippen LogP contribution in [0.3, 0.4) is 0 Å². The minimum atomic E-state index is -4.85. The molecule has 321 valence electrons. The molecule has 6 aromatic carbocycles. The van der Waals surface area contributed by atoms with Crippen molar-refractivity contribution in [2.75, 3.05) is 31.9 Å². The third kappa shape index (κ3) is 12.7. The second-order valence-corrected chi connectivity index (χ2v) is 16.4. The summed E-state index contributed by atoms with van der Waals surface area (Å²) in [7, 11) is -9.71. The molecule has 2 aromatic heterocycles. The zero-order valence-electron chi connectivity index (χ0n) is 34.2. The van der Waals surface area contributed by atoms with Crippen molar-refractivity contribution in [3.05, 3.63) is 169 Å². The molecule has 0 amide bonds. The molecule has 65 heavy (non-hydrogen) atoms. The molecule has 0 fully saturated rings. The van der Waals surface area contributed by atoms with Gasteiger partial charge in [0.15, 0.2) is 0 Å². The molecule has 0 aliphatic heterocycles. The van der Waals surface area contributed by atoms with Gasteiger partial charge < -0.3 is 31.9 Å². The fourth-order valence-electron chi connectivity index (χ4n) is 6.07. The van der Waals surface area contributed by atoms with E-state index in [1.165, 1.54) is 48.6 Å². The molecule has 0 bridgehead atoms. The largest absolute Gasteiger partial charge is 0.324 e. The van der Waals surface area contributed by atoms with Crippen molar-refractivity contribution >= 4 is 132 Å². The van der Waals surface area contributed by atoms with E-state index in [1.807, 2.05) is 121 Å². The molecule has 2 heterocycles. The third-order valence-electron chi connectivity index (χ3n) is 8.93. The Hall–Kier alpha value is -7.30. The van der Waals surface area contributed by atoms with E-state index in [1.54, 1.807) is 0 Å². The Morgan fingerprint density at radius 1 is 0.338 bits per heavy atom. The molecule has 1 radical (unpaired) electrons. The van der Waals surface area contributed by atoms with Gasteiger partial charge in [-0.1, -0.05) is 97.1 Å². The van der Waals surface area contributed by atoms with E-state index in [4.69, 9.17) is 0 Å². The van der Waals surface area contributed by atoms with Gasteiger partial charge in [-0.25, -0.2) is 0 Å². The van der Waals surface area contributed by atoms with E-state index in [9.17, 15) is 25.9 Å². The first-order chi connectivity index (χ1) is 30.9. The molecule has 18 nitrogen and oxygen atoms in total. The minimum absolute atomic E-state index is 0. The summed E-state index contributed by atoms with van der Waals surface area (Å²) < 4.78 is 71.6. The number of hydrogen-bond donors (Lipinski definition) is 8. The van der Waals surface area contributed by atoms with Gasteiger partial charge in [-0.2, -0.15) is 46.7 Å². The maximum absolute atomic E-state index is 12.7. The molecule has 0 aliphatic carbocycles. The SMILES string of the molecule is O=S(=O)(O)c1cc(Nc2nc(Nc3ccccc3)nc(Nc3ccccc3)n2)ccc1C=Cc1ccc(Nc2nc(Nc3ccccc3)nc(Nc3ccccc3)n2)cc1S(=O)(=O)O.[Na]. The summed E-state index contributed by atoms with van der Waals surface area (Å²) in [4.78, 5) is 25.7. The van der Waals surface area contributed by atoms with Crippen LogP contribution in [0.25, 0.3) is 12.2 Å². The molecular formula is C44H36N12NaO6S2. The zero-order valence-corrected chi connectivity index (χ0v) is 37.8. The van der Waals surface area contributed by atoms with E-state index in [2.05, 4.69) is 61.8 Å². The van der Waals surface area contributed by atoms with Gasteiger partial charge in [0.1, 0.15) is 9.79 Å². The van der Waals surface area contributed by atoms with Gasteiger partial charge >= 0.3 is 0 Å². The smallest absolute Gasteiger partial charge is 0.295 e. The van der Waals surface area contributed by atoms with Gasteiger partial charge in [-0.15, -0.1) is 0 Å². The number of benzene rings is 6. The monoisotopic (exact) mass is 915 g/mol. The van der Waals surface area contributed by atoms with Gasteiger partial charge in [0, 0.05) is 63.7 Å². The first-order valence-electron chi connectivity index (χ1n) is 19.2. The van der Waals surface area contributed by atoms with Crippen molar-refractivity contribution < 1.29 is 25.9 Å². The quantitative estimate of drug-likeness (QED) is 0.0256. The van der Waals surface area contributed by atoms with Gasteiger partial charge in [0.25, 0.3) is 20.2 Å². The Labute approximate surface area is 395 Å². The number of nitrogens with one attached hydrogen (secondary N) is 6. The summed E-state index contributed by atoms with van der Waals surface area (Å²) in [5.74, 6) is 0.775. The van der Waals surface area contributed by atoms with Crippen LogP contribution >= 0.6 is 0 Å². The van der Waals surface area contributed by atoms with Crippen LogP contribution < -0.4 is 31.9 Å². The van der Waals surface area contributed by atoms with E-state index >= 15 is 0 Å². The van der Waals surface area contributed by atoms with Crippen LogP contribution in [-0.4, -0.2) is 85.4 Å². The van der Waals surface area contributed by atoms with Crippen LogP contribution in [0.2, 0.25) is 0 Å². The summed E-state index contributed by atoms with van der Waals surface area (Å²) in [6.07, 6.45) is 2.57. The van der Waals surface area contributed by atoms with Crippen LogP contribution in [-0.2, 0) is 20.2 Å². The molecule has 21 heteroatoms. The van der Waals surface area contributed by atoms with Gasteiger partial charge in [-0.3, -0.25) is 9.11 Å². The van der Waals surface area contributed by atoms with Crippen molar-refractivity contribution in [2.45, 2.75) is 9.79 Å². The Morgan fingerprint density at radius 2 is 0.569 bits per heavy atom. The Bertz CT molecular complexity index is 2850. The Morgan fingerprint density at radius 3 is 0.800 bits per heavy atom. The van der Waals surface area contributed by atoms with E-state index in [-0.39, 0.29) is 87.7 Å². The van der Waals surface area contributed by atoms with Crippen molar-refractivity contribution in [1.82, 2.24) is 29.9 Å². The summed E-state index contributed by atoms with van der Waals surface area (Å²) >= 11 is 0. The molecule has 8 N–H and O–H groups in total. The van der Waals surface area contributed by atoms with Crippen LogP contribution in [0.1, 0.15) is 11.1 Å². The second-order valence-electron chi connectivity index (χ2n) is 13.6. The van der Waals surface area contributed by atoms with Gasteiger partial charge in [-0.05, 0) is 83.9 Å². The number of hydrogen-bond acceptors (Lipinski definition) is 16. The predicted molar refractivity (Wildman–Crippen MR) is 252 cm³/mol. The molecule has 0 atom stereocenters. The molecule has 0 saturated carbocycles. The van der Waals surface area contributed by atoms with Crippen LogP contribution in [0.15, 0.2) is 168 Å². The topological polar surface area (TPSA) is 258 Å². The fourth-order valence-corrected chi connectivity index (χ4v) is 7.49. The summed E-state index contributed by atoms with van der Waals surface area (Å²) in [5, 5.41) is 18.4. The molecule has 0 saturated heterocycles. The minimum Gasteiger partial charge on any atom is -0.324 e. The molecule has 0 spiro atoms. The predicted octanol–water partition coefficient (Wildman–Crippen LogP) is 8.80. The number of para-hydroxylation sites is 4. The average Bonchev–Trinajstić information content (AvgIpc) is 3.27. The normalized spacial score (nSPS) is 11.3. The standard InChI is InChI=1S/C44H36N12O6S2.Na/c57-63(58,59)37-27-35(49-43-53-39(45-31-13-5-1-6-14-31)51-40(54-43)46-32-15-7-2-8-16-32)25-23-29(37)21-22-30-24-26-36(28-38(30)64(60,61)62)50-44-55-41(47-33-17-9-3-10-18-33)52-42(56-44)48-34-19-11-4-12-20-34;/h1-28H,(H,57,58,59)(H,60,61,62)(H3,45,46,49,51,53,54)(H3,47,48,50,52,55,56);. The number of anilines is 12. The summed E-state index contributed by atoms with van der Waals surface area (Å²) in [5.41, 5.74) is 3.18. The van der Waals surface area contributed by atoms with Crippen molar-refractivity contribution in [3.63, 3.8) is 0 Å². The fraction of sp³-hybridized carbons (Fsp3) is 0. The van der Waals surface area contributed by atoms with Crippen LogP contribution in [0.4, 0.5) is 69.8 Å². The van der Waals surface area contributed by atoms with Crippen molar-refractivity contribution in [2.24, 2.45) is 0 Å². The number of aromatic nitrogens is 6. The molecule has 0 unspecified atom stereocenters. The average molecular weight is 916 g/mol. The van der Waals surface area contributed by atoms with Crippen LogP contribution in [0, 0.1) is 0 Å². The zero-order chi connectivity index (χ0) is 44.5. The first kappa shape index (κ1) is 45.7. The Balaban J connectivity index is 0.00000630. The molecule has 8 rings (SSSR count). The molecule has 8 aromatic rings. The van der Waals surface area contributed by atoms with E-state index < -0.39 is 30.0 Å². The molecular weight excluding hydrogens is 880 g/mol. The van der Waals surface area contributed by atoms with Crippen molar-refractivity contribution in [1.29, 1.82) is 0 Å². The maximum atomic E-state index is 12.7. The summed E-state index contributed by atoms with van der Waals surface area (Å²) in [6.45, 7) is 0. The van der Waals surface area contributed by atoms with E-state index in [0.717, 1.165) is 0 Å². The maximum Gasteiger partial charge on any atom is 0.295 e. The third-order valence-corrected chi connectivity index (χ3v) is 10.7. The van der Waals surface area contributed by atoms with Gasteiger partial charge in [0.05, 0.1) is 0 Å². The number of nitrogens with zero attached hydrogens (tertiary/aromatic N) is 6. The van der Waals surface area contributed by atoms with Crippen molar-refractivity contribution in [3.8, 4) is 0 Å². The van der Waals surface area contributed by atoms with Crippen LogP contribution in [0.5, 0.6) is 0 Å². The van der Waals surface area contributed by atoms with E-state index in [0.29, 0.717) is 22.7 Å². The summed E-state index contributed by atoms with van der Waals surface area (Å²) in [6, 6.07) is 45.0. The first-order valence-corrected chi connectivity index (χ1v) is 22.0.